The zero-order valence-corrected chi connectivity index (χ0v) is 17.7. The summed E-state index contributed by atoms with van der Waals surface area (Å²) in [5.74, 6) is 0. The van der Waals surface area contributed by atoms with Crippen LogP contribution in [0.1, 0.15) is 33.6 Å². The maximum absolute atomic E-state index is 5.63. The Morgan fingerprint density at radius 3 is 1.45 bits per heavy atom. The predicted molar refractivity (Wildman–Crippen MR) is 101 cm³/mol. The van der Waals surface area contributed by atoms with E-state index in [1.807, 2.05) is 13.8 Å². The van der Waals surface area contributed by atoms with Crippen LogP contribution in [0.4, 0.5) is 0 Å². The van der Waals surface area contributed by atoms with Gasteiger partial charge in [0.2, 0.25) is 0 Å². The van der Waals surface area contributed by atoms with Gasteiger partial charge in [-0.1, -0.05) is 0 Å². The Morgan fingerprint density at radius 1 is 0.682 bits per heavy atom. The van der Waals surface area contributed by atoms with Crippen LogP contribution in [0.3, 0.4) is 0 Å². The minimum atomic E-state index is -1.85. The molecule has 136 valence electrons. The number of hydrogen-bond donors (Lipinski definition) is 2. The van der Waals surface area contributed by atoms with Crippen molar-refractivity contribution in [2.45, 2.75) is 65.3 Å². The van der Waals surface area contributed by atoms with Gasteiger partial charge >= 0.3 is 8.56 Å². The van der Waals surface area contributed by atoms with Gasteiger partial charge in [-0.2, -0.15) is 0 Å². The van der Waals surface area contributed by atoms with Crippen LogP contribution >= 0.6 is 0 Å². The summed E-state index contributed by atoms with van der Waals surface area (Å²) in [6, 6.07) is 2.20. The summed E-state index contributed by atoms with van der Waals surface area (Å²) in [5, 5.41) is 0. The fourth-order valence-corrected chi connectivity index (χ4v) is 6.63. The molecule has 0 unspecified atom stereocenters. The minimum Gasteiger partial charge on any atom is -0.418 e. The second-order valence-electron chi connectivity index (χ2n) is 5.98. The van der Waals surface area contributed by atoms with Gasteiger partial charge in [0.25, 0.3) is 0 Å². The molecule has 4 N–H and O–H groups in total. The Balaban J connectivity index is 0. The summed E-state index contributed by atoms with van der Waals surface area (Å²) >= 11 is 0. The molecule has 0 aliphatic rings. The van der Waals surface area contributed by atoms with Gasteiger partial charge in [0.15, 0.2) is 8.32 Å². The zero-order valence-electron chi connectivity index (χ0n) is 15.7. The van der Waals surface area contributed by atoms with Crippen molar-refractivity contribution in [3.05, 3.63) is 0 Å². The molecule has 0 saturated heterocycles. The Kier molecular flexibility index (Phi) is 16.5. The standard InChI is InChI=1S/C8H21NO2Si.C7H19NOSi/c1-4-10-12(3,11-5-2)8-6-7-9;1-4-9-10(2,3)7-5-6-8/h4-9H2,1-3H3;4-8H2,1-3H3. The summed E-state index contributed by atoms with van der Waals surface area (Å²) in [4.78, 5) is 0. The fourth-order valence-electron chi connectivity index (χ4n) is 2.21. The van der Waals surface area contributed by atoms with Crippen LogP contribution < -0.4 is 11.5 Å². The summed E-state index contributed by atoms with van der Waals surface area (Å²) in [5.41, 5.74) is 10.8. The van der Waals surface area contributed by atoms with Gasteiger partial charge in [0, 0.05) is 19.8 Å². The lowest BCUT2D eigenvalue weighted by Gasteiger charge is -2.25. The molecule has 0 heterocycles. The monoisotopic (exact) mass is 352 g/mol. The van der Waals surface area contributed by atoms with Crippen molar-refractivity contribution in [3.8, 4) is 0 Å². The van der Waals surface area contributed by atoms with Crippen LogP contribution in [0, 0.1) is 0 Å². The van der Waals surface area contributed by atoms with Crippen molar-refractivity contribution in [1.29, 1.82) is 0 Å². The molecule has 0 aromatic heterocycles. The Labute approximate surface area is 140 Å². The molecule has 0 spiro atoms. The molecule has 0 aliphatic carbocycles. The molecule has 7 heteroatoms. The highest BCUT2D eigenvalue weighted by Gasteiger charge is 2.29. The van der Waals surface area contributed by atoms with E-state index >= 15 is 0 Å². The minimum absolute atomic E-state index is 0.725. The van der Waals surface area contributed by atoms with Crippen molar-refractivity contribution >= 4 is 16.9 Å². The lowest BCUT2D eigenvalue weighted by molar-refractivity contribution is 0.188. The van der Waals surface area contributed by atoms with E-state index in [0.29, 0.717) is 0 Å². The molecular weight excluding hydrogens is 312 g/mol. The Hall–Kier alpha value is 0.234. The van der Waals surface area contributed by atoms with E-state index in [-0.39, 0.29) is 0 Å². The van der Waals surface area contributed by atoms with E-state index in [1.165, 1.54) is 6.04 Å². The molecular formula is C15H40N2O3Si2. The molecule has 0 aromatic carbocycles. The maximum Gasteiger partial charge on any atom is 0.334 e. The molecule has 22 heavy (non-hydrogen) atoms. The van der Waals surface area contributed by atoms with Crippen LogP contribution in [0.25, 0.3) is 0 Å². The lowest BCUT2D eigenvalue weighted by Crippen LogP contribution is -2.39. The van der Waals surface area contributed by atoms with E-state index in [0.717, 1.165) is 51.8 Å². The second kappa shape index (κ2) is 14.8. The Morgan fingerprint density at radius 2 is 1.09 bits per heavy atom. The predicted octanol–water partition coefficient (Wildman–Crippen LogP) is 3.06. The third kappa shape index (κ3) is 15.1. The van der Waals surface area contributed by atoms with E-state index in [4.69, 9.17) is 24.7 Å². The number of rotatable bonds is 12. The first-order chi connectivity index (χ1) is 10.3. The number of nitrogens with two attached hydrogens (primary N) is 2. The molecule has 0 saturated carbocycles. The largest absolute Gasteiger partial charge is 0.418 e. The van der Waals surface area contributed by atoms with Crippen molar-refractivity contribution in [2.24, 2.45) is 11.5 Å². The van der Waals surface area contributed by atoms with Crippen LogP contribution in [0.2, 0.25) is 31.7 Å². The molecule has 0 aliphatic heterocycles. The first kappa shape index (κ1) is 24.5. The van der Waals surface area contributed by atoms with Gasteiger partial charge in [-0.15, -0.1) is 0 Å². The highest BCUT2D eigenvalue weighted by Crippen LogP contribution is 2.15. The average molecular weight is 353 g/mol. The topological polar surface area (TPSA) is 79.7 Å². The summed E-state index contributed by atoms with van der Waals surface area (Å²) in [6.45, 7) is 16.5. The van der Waals surface area contributed by atoms with Crippen LogP contribution in [0.5, 0.6) is 0 Å². The van der Waals surface area contributed by atoms with Gasteiger partial charge in [-0.25, -0.2) is 0 Å². The summed E-state index contributed by atoms with van der Waals surface area (Å²) in [6.07, 6.45) is 2.11. The quantitative estimate of drug-likeness (QED) is 0.528. The molecule has 0 rings (SSSR count). The molecule has 0 radical (unpaired) electrons. The zero-order chi connectivity index (χ0) is 17.5. The normalized spacial score (nSPS) is 12.0. The third-order valence-corrected chi connectivity index (χ3v) is 8.94. The summed E-state index contributed by atoms with van der Waals surface area (Å²) < 4.78 is 16.9. The van der Waals surface area contributed by atoms with Gasteiger partial charge in [-0.05, 0) is 78.4 Å². The first-order valence-corrected chi connectivity index (χ1v) is 14.3. The fraction of sp³-hybridized carbons (Fsp3) is 1.00. The third-order valence-electron chi connectivity index (χ3n) is 3.25. The van der Waals surface area contributed by atoms with E-state index in [1.54, 1.807) is 0 Å². The van der Waals surface area contributed by atoms with E-state index in [2.05, 4.69) is 26.6 Å². The second-order valence-corrected chi connectivity index (χ2v) is 13.6. The van der Waals surface area contributed by atoms with E-state index in [9.17, 15) is 0 Å². The molecule has 0 atom stereocenters. The molecule has 0 amide bonds. The van der Waals surface area contributed by atoms with Crippen molar-refractivity contribution in [3.63, 3.8) is 0 Å². The number of hydrogen-bond acceptors (Lipinski definition) is 5. The lowest BCUT2D eigenvalue weighted by atomic mass is 10.5. The average Bonchev–Trinajstić information content (AvgIpc) is 2.44. The molecule has 0 aromatic rings. The van der Waals surface area contributed by atoms with Crippen molar-refractivity contribution in [1.82, 2.24) is 0 Å². The molecule has 0 fully saturated rings. The highest BCUT2D eigenvalue weighted by molar-refractivity contribution is 6.71. The van der Waals surface area contributed by atoms with Gasteiger partial charge in [0.05, 0.1) is 0 Å². The highest BCUT2D eigenvalue weighted by atomic mass is 28.4. The van der Waals surface area contributed by atoms with Gasteiger partial charge < -0.3 is 24.7 Å². The van der Waals surface area contributed by atoms with Crippen molar-refractivity contribution in [2.75, 3.05) is 32.9 Å². The maximum atomic E-state index is 5.63. The van der Waals surface area contributed by atoms with Crippen LogP contribution in [0.15, 0.2) is 0 Å². The van der Waals surface area contributed by atoms with Crippen molar-refractivity contribution < 1.29 is 13.3 Å². The van der Waals surface area contributed by atoms with E-state index < -0.39 is 16.9 Å². The van der Waals surface area contributed by atoms with Crippen LogP contribution in [-0.2, 0) is 13.3 Å². The first-order valence-electron chi connectivity index (χ1n) is 8.62. The molecule has 0 bridgehead atoms. The van der Waals surface area contributed by atoms with Gasteiger partial charge in [-0.3, -0.25) is 0 Å². The SMILES string of the molecule is CCO[Si](C)(C)CCCN.CCO[Si](C)(CCCN)OCC. The molecule has 5 nitrogen and oxygen atoms in total. The Bertz CT molecular complexity index is 239. The summed E-state index contributed by atoms with van der Waals surface area (Å²) in [7, 11) is -3.15. The van der Waals surface area contributed by atoms with Gasteiger partial charge in [0.1, 0.15) is 0 Å². The van der Waals surface area contributed by atoms with Crippen LogP contribution in [-0.4, -0.2) is 49.8 Å². The smallest absolute Gasteiger partial charge is 0.334 e.